The number of aliphatic hydroxyl groups is 1. The van der Waals surface area contributed by atoms with Gasteiger partial charge in [-0.25, -0.2) is 0 Å². The molecule has 0 fully saturated rings. The van der Waals surface area contributed by atoms with Crippen molar-refractivity contribution in [2.24, 2.45) is 0 Å². The van der Waals surface area contributed by atoms with Crippen LogP contribution in [0.15, 0.2) is 81.7 Å². The summed E-state index contributed by atoms with van der Waals surface area (Å²) in [6.07, 6.45) is -0.0753. The third kappa shape index (κ3) is 4.36. The molecular formula is C32H30N2O4. The minimum Gasteiger partial charge on any atom is -0.458 e. The lowest BCUT2D eigenvalue weighted by Crippen LogP contribution is -2.39. The van der Waals surface area contributed by atoms with Gasteiger partial charge in [0.05, 0.1) is 23.8 Å². The molecule has 0 saturated heterocycles. The van der Waals surface area contributed by atoms with E-state index in [0.29, 0.717) is 40.5 Å². The smallest absolute Gasteiger partial charge is 0.176 e. The third-order valence-electron chi connectivity index (χ3n) is 7.58. The van der Waals surface area contributed by atoms with Crippen molar-refractivity contribution in [3.63, 3.8) is 0 Å². The van der Waals surface area contributed by atoms with Crippen LogP contribution in [0.25, 0.3) is 11.0 Å². The largest absolute Gasteiger partial charge is 0.458 e. The summed E-state index contributed by atoms with van der Waals surface area (Å²) in [5, 5.41) is 15.6. The molecule has 0 amide bonds. The van der Waals surface area contributed by atoms with Gasteiger partial charge in [-0.2, -0.15) is 0 Å². The number of benzene rings is 3. The van der Waals surface area contributed by atoms with Gasteiger partial charge in [0.15, 0.2) is 5.78 Å². The molecule has 0 aliphatic carbocycles. The molecule has 1 aliphatic rings. The van der Waals surface area contributed by atoms with Gasteiger partial charge in [-0.05, 0) is 68.1 Å². The SMILES string of the molecule is Cc1ccc2c(c1)CCN(CC(=O)c1ccc3oc([C@@H](O)c4c(C)noc4C)cc3c1)C2c1ccccc1. The number of ketones is 1. The monoisotopic (exact) mass is 506 g/mol. The lowest BCUT2D eigenvalue weighted by Gasteiger charge is -2.37. The Morgan fingerprint density at radius 1 is 1.05 bits per heavy atom. The van der Waals surface area contributed by atoms with Gasteiger partial charge in [-0.15, -0.1) is 0 Å². The van der Waals surface area contributed by atoms with Crippen LogP contribution < -0.4 is 0 Å². The van der Waals surface area contributed by atoms with Gasteiger partial charge in [-0.3, -0.25) is 9.69 Å². The molecule has 1 N–H and O–H groups in total. The van der Waals surface area contributed by atoms with Crippen LogP contribution in [0.4, 0.5) is 0 Å². The van der Waals surface area contributed by atoms with Crippen LogP contribution in [0.5, 0.6) is 0 Å². The lowest BCUT2D eigenvalue weighted by atomic mass is 9.87. The molecule has 2 aromatic heterocycles. The van der Waals surface area contributed by atoms with Gasteiger partial charge < -0.3 is 14.0 Å². The molecule has 0 radical (unpaired) electrons. The first-order chi connectivity index (χ1) is 18.4. The van der Waals surface area contributed by atoms with Crippen molar-refractivity contribution in [3.8, 4) is 0 Å². The number of hydrogen-bond donors (Lipinski definition) is 1. The second-order valence-electron chi connectivity index (χ2n) is 10.2. The number of aliphatic hydroxyl groups excluding tert-OH is 1. The number of hydrogen-bond acceptors (Lipinski definition) is 6. The Hall–Kier alpha value is -4.00. The second-order valence-corrected chi connectivity index (χ2v) is 10.2. The van der Waals surface area contributed by atoms with Crippen LogP contribution in [0.3, 0.4) is 0 Å². The fourth-order valence-electron chi connectivity index (χ4n) is 5.67. The van der Waals surface area contributed by atoms with Gasteiger partial charge in [0.2, 0.25) is 0 Å². The van der Waals surface area contributed by atoms with Gasteiger partial charge in [0.25, 0.3) is 0 Å². The van der Waals surface area contributed by atoms with E-state index in [0.717, 1.165) is 18.4 Å². The number of carbonyl (C=O) groups excluding carboxylic acids is 1. The molecule has 6 rings (SSSR count). The van der Waals surface area contributed by atoms with Crippen molar-refractivity contribution >= 4 is 16.8 Å². The van der Waals surface area contributed by atoms with Crippen LogP contribution in [0.2, 0.25) is 0 Å². The van der Waals surface area contributed by atoms with E-state index in [2.05, 4.69) is 59.4 Å². The highest BCUT2D eigenvalue weighted by Crippen LogP contribution is 2.36. The van der Waals surface area contributed by atoms with E-state index in [-0.39, 0.29) is 11.8 Å². The molecule has 192 valence electrons. The summed E-state index contributed by atoms with van der Waals surface area (Å²) >= 11 is 0. The molecule has 38 heavy (non-hydrogen) atoms. The summed E-state index contributed by atoms with van der Waals surface area (Å²) in [7, 11) is 0. The Kier molecular flexibility index (Phi) is 6.22. The summed E-state index contributed by atoms with van der Waals surface area (Å²) < 4.78 is 11.1. The van der Waals surface area contributed by atoms with Crippen molar-refractivity contribution < 1.29 is 18.8 Å². The zero-order valence-electron chi connectivity index (χ0n) is 21.8. The lowest BCUT2D eigenvalue weighted by molar-refractivity contribution is 0.0901. The van der Waals surface area contributed by atoms with E-state index in [1.54, 1.807) is 32.0 Å². The van der Waals surface area contributed by atoms with E-state index in [9.17, 15) is 9.90 Å². The molecule has 3 heterocycles. The normalized spacial score (nSPS) is 16.5. The predicted octanol–water partition coefficient (Wildman–Crippen LogP) is 6.26. The highest BCUT2D eigenvalue weighted by atomic mass is 16.5. The number of carbonyl (C=O) groups is 1. The number of furan rings is 1. The molecule has 1 unspecified atom stereocenters. The van der Waals surface area contributed by atoms with Crippen LogP contribution in [-0.2, 0) is 6.42 Å². The maximum absolute atomic E-state index is 13.6. The quantitative estimate of drug-likeness (QED) is 0.274. The van der Waals surface area contributed by atoms with E-state index in [1.165, 1.54) is 22.3 Å². The van der Waals surface area contributed by atoms with E-state index in [1.807, 2.05) is 12.1 Å². The van der Waals surface area contributed by atoms with Crippen molar-refractivity contribution in [3.05, 3.63) is 123 Å². The average Bonchev–Trinajstić information content (AvgIpc) is 3.50. The fourth-order valence-corrected chi connectivity index (χ4v) is 5.67. The zero-order valence-corrected chi connectivity index (χ0v) is 21.8. The standard InChI is InChI=1S/C32H30N2O4/c1-19-9-11-26-23(15-19)13-14-34(31(26)22-7-5-4-6-8-22)18-27(35)24-10-12-28-25(16-24)17-29(37-28)32(36)30-20(2)33-38-21(30)3/h4-12,15-17,31-32,36H,13-14,18H2,1-3H3/t31?,32-/m1/s1. The van der Waals surface area contributed by atoms with Crippen molar-refractivity contribution in [2.75, 3.05) is 13.1 Å². The molecule has 0 saturated carbocycles. The first kappa shape index (κ1) is 24.3. The van der Waals surface area contributed by atoms with Crippen LogP contribution >= 0.6 is 0 Å². The minimum absolute atomic E-state index is 0.0268. The fraction of sp³-hybridized carbons (Fsp3) is 0.250. The molecule has 2 atom stereocenters. The topological polar surface area (TPSA) is 79.7 Å². The van der Waals surface area contributed by atoms with Gasteiger partial charge in [0.1, 0.15) is 23.2 Å². The number of aromatic nitrogens is 1. The highest BCUT2D eigenvalue weighted by Gasteiger charge is 2.30. The molecule has 5 aromatic rings. The van der Waals surface area contributed by atoms with Crippen molar-refractivity contribution in [1.29, 1.82) is 0 Å². The number of Topliss-reactive ketones (excluding diaryl/α,β-unsaturated/α-hetero) is 1. The van der Waals surface area contributed by atoms with Crippen molar-refractivity contribution in [1.82, 2.24) is 10.1 Å². The Balaban J connectivity index is 1.28. The minimum atomic E-state index is -0.989. The molecular weight excluding hydrogens is 476 g/mol. The average molecular weight is 507 g/mol. The highest BCUT2D eigenvalue weighted by molar-refractivity contribution is 6.00. The maximum atomic E-state index is 13.6. The molecule has 0 spiro atoms. The maximum Gasteiger partial charge on any atom is 0.176 e. The number of nitrogens with zero attached hydrogens (tertiary/aromatic N) is 2. The summed E-state index contributed by atoms with van der Waals surface area (Å²) in [5.74, 6) is 1.00. The molecule has 3 aromatic carbocycles. The Morgan fingerprint density at radius 3 is 2.63 bits per heavy atom. The Bertz CT molecular complexity index is 1610. The van der Waals surface area contributed by atoms with E-state index < -0.39 is 6.10 Å². The van der Waals surface area contributed by atoms with Crippen molar-refractivity contribution in [2.45, 2.75) is 39.3 Å². The Labute approximate surface area is 221 Å². The van der Waals surface area contributed by atoms with Gasteiger partial charge in [-0.1, -0.05) is 59.3 Å². The van der Waals surface area contributed by atoms with Gasteiger partial charge in [0, 0.05) is 17.5 Å². The van der Waals surface area contributed by atoms with E-state index in [4.69, 9.17) is 8.94 Å². The zero-order chi connectivity index (χ0) is 26.4. The second kappa shape index (κ2) is 9.71. The number of fused-ring (bicyclic) bond motifs is 2. The summed E-state index contributed by atoms with van der Waals surface area (Å²) in [4.78, 5) is 15.9. The summed E-state index contributed by atoms with van der Waals surface area (Å²) in [6.45, 7) is 6.80. The summed E-state index contributed by atoms with van der Waals surface area (Å²) in [5.41, 5.74) is 7.53. The Morgan fingerprint density at radius 2 is 1.87 bits per heavy atom. The third-order valence-corrected chi connectivity index (χ3v) is 7.58. The van der Waals surface area contributed by atoms with E-state index >= 15 is 0 Å². The number of rotatable bonds is 6. The molecule has 6 nitrogen and oxygen atoms in total. The molecule has 6 heteroatoms. The van der Waals surface area contributed by atoms with Crippen LogP contribution in [-0.4, -0.2) is 34.0 Å². The molecule has 1 aliphatic heterocycles. The van der Waals surface area contributed by atoms with Gasteiger partial charge >= 0.3 is 0 Å². The number of aryl methyl sites for hydroxylation is 3. The first-order valence-corrected chi connectivity index (χ1v) is 12.9. The molecule has 0 bridgehead atoms. The summed E-state index contributed by atoms with van der Waals surface area (Å²) in [6, 6.07) is 24.3. The van der Waals surface area contributed by atoms with Crippen LogP contribution in [0.1, 0.15) is 67.5 Å². The first-order valence-electron chi connectivity index (χ1n) is 12.9. The predicted molar refractivity (Wildman–Crippen MR) is 145 cm³/mol. The van der Waals surface area contributed by atoms with Crippen LogP contribution in [0, 0.1) is 20.8 Å².